The normalized spacial score (nSPS) is 11.8. The maximum absolute atomic E-state index is 12.9. The second-order valence-corrected chi connectivity index (χ2v) is 7.99. The number of aryl methyl sites for hydroxylation is 1. The van der Waals surface area contributed by atoms with Gasteiger partial charge in [-0.25, -0.2) is 4.98 Å². The van der Waals surface area contributed by atoms with Crippen LogP contribution in [0.1, 0.15) is 34.3 Å². The lowest BCUT2D eigenvalue weighted by Crippen LogP contribution is -2.33. The van der Waals surface area contributed by atoms with E-state index in [4.69, 9.17) is 0 Å². The molecule has 3 aromatic heterocycles. The first kappa shape index (κ1) is 22.1. The monoisotopic (exact) mass is 442 g/mol. The Morgan fingerprint density at radius 1 is 1.09 bits per heavy atom. The van der Waals surface area contributed by atoms with Gasteiger partial charge < -0.3 is 10.3 Å². The molecule has 0 unspecified atom stereocenters. The van der Waals surface area contributed by atoms with Gasteiger partial charge in [-0.05, 0) is 44.0 Å². The van der Waals surface area contributed by atoms with Crippen LogP contribution in [0.3, 0.4) is 0 Å². The third-order valence-electron chi connectivity index (χ3n) is 5.69. The third-order valence-corrected chi connectivity index (χ3v) is 5.69. The quantitative estimate of drug-likeness (QED) is 0.458. The van der Waals surface area contributed by atoms with Gasteiger partial charge in [-0.15, -0.1) is 0 Å². The van der Waals surface area contributed by atoms with E-state index in [2.05, 4.69) is 25.4 Å². The van der Waals surface area contributed by atoms with Gasteiger partial charge in [-0.3, -0.25) is 19.3 Å². The van der Waals surface area contributed by atoms with Crippen molar-refractivity contribution in [2.45, 2.75) is 39.8 Å². The van der Waals surface area contributed by atoms with Gasteiger partial charge in [0.15, 0.2) is 5.82 Å². The molecule has 0 saturated heterocycles. The van der Waals surface area contributed by atoms with Crippen LogP contribution in [-0.4, -0.2) is 30.6 Å². The highest BCUT2D eigenvalue weighted by Gasteiger charge is 2.19. The molecular formula is C25H26N6O2. The number of carbonyl (C=O) groups is 1. The lowest BCUT2D eigenvalue weighted by Gasteiger charge is -2.19. The summed E-state index contributed by atoms with van der Waals surface area (Å²) in [7, 11) is 0. The summed E-state index contributed by atoms with van der Waals surface area (Å²) in [4.78, 5) is 36.9. The zero-order valence-electron chi connectivity index (χ0n) is 18.9. The highest BCUT2D eigenvalue weighted by Crippen LogP contribution is 2.19. The Morgan fingerprint density at radius 2 is 1.85 bits per heavy atom. The Hall–Kier alpha value is -4.07. The highest BCUT2D eigenvalue weighted by molar-refractivity contribution is 5.76. The van der Waals surface area contributed by atoms with Crippen LogP contribution in [0.2, 0.25) is 0 Å². The maximum Gasteiger partial charge on any atom is 0.251 e. The van der Waals surface area contributed by atoms with E-state index in [1.54, 1.807) is 23.0 Å². The second-order valence-electron chi connectivity index (χ2n) is 7.99. The molecule has 33 heavy (non-hydrogen) atoms. The largest absolute Gasteiger partial charge is 0.347 e. The van der Waals surface area contributed by atoms with E-state index in [1.807, 2.05) is 57.2 Å². The Labute approximate surface area is 191 Å². The molecule has 8 heteroatoms. The topological polar surface area (TPSA) is 106 Å². The summed E-state index contributed by atoms with van der Waals surface area (Å²) >= 11 is 0. The van der Waals surface area contributed by atoms with Gasteiger partial charge in [-0.1, -0.05) is 36.4 Å². The van der Waals surface area contributed by atoms with Crippen LogP contribution in [0.4, 0.5) is 0 Å². The molecule has 0 bridgehead atoms. The standard InChI is InChI=1S/C25H26N6O2/c1-16-17(2)30-31(18(16)3)15-24(33)28-22(19-9-5-4-6-10-19)13-20-14-23(32)29-25(27-20)21-11-7-8-12-26-21/h4-12,14,22H,13,15H2,1-3H3,(H,28,33)(H,27,29,32)/t22-/m0/s1. The van der Waals surface area contributed by atoms with E-state index in [0.717, 1.165) is 22.5 Å². The molecule has 168 valence electrons. The minimum Gasteiger partial charge on any atom is -0.347 e. The first-order valence-electron chi connectivity index (χ1n) is 10.8. The average Bonchev–Trinajstić information content (AvgIpc) is 3.05. The molecule has 0 spiro atoms. The van der Waals surface area contributed by atoms with Crippen LogP contribution in [0.5, 0.6) is 0 Å². The number of rotatable bonds is 7. The number of benzene rings is 1. The van der Waals surface area contributed by atoms with Crippen molar-refractivity contribution in [1.29, 1.82) is 0 Å². The molecule has 3 heterocycles. The SMILES string of the molecule is Cc1nn(CC(=O)N[C@@H](Cc2cc(=O)[nH]c(-c3ccccn3)n2)c2ccccc2)c(C)c1C. The Morgan fingerprint density at radius 3 is 2.52 bits per heavy atom. The molecule has 1 aromatic carbocycles. The number of aromatic amines is 1. The van der Waals surface area contributed by atoms with E-state index in [0.29, 0.717) is 23.6 Å². The summed E-state index contributed by atoms with van der Waals surface area (Å²) < 4.78 is 1.71. The summed E-state index contributed by atoms with van der Waals surface area (Å²) in [6, 6.07) is 16.2. The number of carbonyl (C=O) groups excluding carboxylic acids is 1. The van der Waals surface area contributed by atoms with Crippen molar-refractivity contribution in [3.05, 3.63) is 99.4 Å². The minimum atomic E-state index is -0.359. The van der Waals surface area contributed by atoms with E-state index in [1.165, 1.54) is 6.07 Å². The maximum atomic E-state index is 12.9. The number of nitrogens with zero attached hydrogens (tertiary/aromatic N) is 4. The molecule has 4 rings (SSSR count). The number of amides is 1. The van der Waals surface area contributed by atoms with Crippen LogP contribution in [0.15, 0.2) is 65.6 Å². The predicted molar refractivity (Wildman–Crippen MR) is 126 cm³/mol. The van der Waals surface area contributed by atoms with Gasteiger partial charge in [-0.2, -0.15) is 5.10 Å². The second kappa shape index (κ2) is 9.60. The Bertz CT molecular complexity index is 1310. The van der Waals surface area contributed by atoms with Gasteiger partial charge in [0.25, 0.3) is 5.56 Å². The summed E-state index contributed by atoms with van der Waals surface area (Å²) in [5.74, 6) is 0.235. The molecule has 1 amide bonds. The molecule has 1 atom stereocenters. The van der Waals surface area contributed by atoms with Gasteiger partial charge in [0, 0.05) is 24.4 Å². The van der Waals surface area contributed by atoms with Crippen LogP contribution >= 0.6 is 0 Å². The van der Waals surface area contributed by atoms with Crippen molar-refractivity contribution < 1.29 is 4.79 Å². The van der Waals surface area contributed by atoms with E-state index < -0.39 is 0 Å². The van der Waals surface area contributed by atoms with E-state index in [-0.39, 0.29) is 24.1 Å². The minimum absolute atomic E-state index is 0.117. The molecular weight excluding hydrogens is 416 g/mol. The molecule has 0 aliphatic carbocycles. The fourth-order valence-corrected chi connectivity index (χ4v) is 3.70. The van der Waals surface area contributed by atoms with Crippen molar-refractivity contribution in [2.24, 2.45) is 0 Å². The van der Waals surface area contributed by atoms with Crippen LogP contribution in [0, 0.1) is 20.8 Å². The van der Waals surface area contributed by atoms with Crippen molar-refractivity contribution in [3.8, 4) is 11.5 Å². The number of H-pyrrole nitrogens is 1. The number of pyridine rings is 1. The zero-order valence-corrected chi connectivity index (χ0v) is 18.9. The first-order chi connectivity index (χ1) is 15.9. The number of hydrogen-bond donors (Lipinski definition) is 2. The van der Waals surface area contributed by atoms with E-state index >= 15 is 0 Å². The van der Waals surface area contributed by atoms with Crippen LogP contribution in [0.25, 0.3) is 11.5 Å². The lowest BCUT2D eigenvalue weighted by molar-refractivity contribution is -0.122. The molecule has 2 N–H and O–H groups in total. The third kappa shape index (κ3) is 5.23. The van der Waals surface area contributed by atoms with Crippen molar-refractivity contribution in [1.82, 2.24) is 30.0 Å². The number of nitrogens with one attached hydrogen (secondary N) is 2. The number of aromatic nitrogens is 5. The summed E-state index contributed by atoms with van der Waals surface area (Å²) in [6.45, 7) is 6.00. The summed E-state index contributed by atoms with van der Waals surface area (Å²) in [5, 5.41) is 7.56. The highest BCUT2D eigenvalue weighted by atomic mass is 16.2. The van der Waals surface area contributed by atoms with Gasteiger partial charge in [0.2, 0.25) is 5.91 Å². The molecule has 0 fully saturated rings. The van der Waals surface area contributed by atoms with Crippen LogP contribution < -0.4 is 10.9 Å². The molecule has 0 aliphatic rings. The fourth-order valence-electron chi connectivity index (χ4n) is 3.70. The lowest BCUT2D eigenvalue weighted by atomic mass is 10.0. The zero-order chi connectivity index (χ0) is 23.4. The van der Waals surface area contributed by atoms with Crippen LogP contribution in [-0.2, 0) is 17.8 Å². The van der Waals surface area contributed by atoms with Gasteiger partial charge >= 0.3 is 0 Å². The Balaban J connectivity index is 1.59. The molecule has 0 aliphatic heterocycles. The van der Waals surface area contributed by atoms with E-state index in [9.17, 15) is 9.59 Å². The predicted octanol–water partition coefficient (Wildman–Crippen LogP) is 3.05. The smallest absolute Gasteiger partial charge is 0.251 e. The van der Waals surface area contributed by atoms with Crippen molar-refractivity contribution in [2.75, 3.05) is 0 Å². The number of hydrogen-bond acceptors (Lipinski definition) is 5. The van der Waals surface area contributed by atoms with Gasteiger partial charge in [0.05, 0.1) is 17.4 Å². The molecule has 4 aromatic rings. The average molecular weight is 443 g/mol. The molecule has 0 saturated carbocycles. The Kier molecular flexibility index (Phi) is 6.44. The first-order valence-corrected chi connectivity index (χ1v) is 10.8. The molecule has 0 radical (unpaired) electrons. The molecule has 8 nitrogen and oxygen atoms in total. The van der Waals surface area contributed by atoms with Crippen molar-refractivity contribution in [3.63, 3.8) is 0 Å². The van der Waals surface area contributed by atoms with Gasteiger partial charge in [0.1, 0.15) is 12.2 Å². The van der Waals surface area contributed by atoms with Crippen molar-refractivity contribution >= 4 is 5.91 Å². The summed E-state index contributed by atoms with van der Waals surface area (Å²) in [6.07, 6.45) is 2.01. The fraction of sp³-hybridized carbons (Fsp3) is 0.240. The summed E-state index contributed by atoms with van der Waals surface area (Å²) in [5.41, 5.74) is 4.77.